The van der Waals surface area contributed by atoms with Gasteiger partial charge in [-0.3, -0.25) is 4.90 Å². The number of benzene rings is 3. The number of hydrogen-bond donors (Lipinski definition) is 0. The smallest absolute Gasteiger partial charge is 0.138 e. The molecular weight excluding hydrogens is 559 g/mol. The van der Waals surface area contributed by atoms with Crippen LogP contribution in [0.4, 0.5) is 5.82 Å². The highest BCUT2D eigenvalue weighted by molar-refractivity contribution is 7.98. The third-order valence-corrected chi connectivity index (χ3v) is 8.36. The van der Waals surface area contributed by atoms with E-state index in [2.05, 4.69) is 52.5 Å². The van der Waals surface area contributed by atoms with Gasteiger partial charge in [0, 0.05) is 32.2 Å². The molecule has 3 aromatic carbocycles. The summed E-state index contributed by atoms with van der Waals surface area (Å²) in [6, 6.07) is 20.3. The molecule has 0 spiro atoms. The van der Waals surface area contributed by atoms with Crippen molar-refractivity contribution in [2.45, 2.75) is 24.0 Å². The summed E-state index contributed by atoms with van der Waals surface area (Å²) in [6.07, 6.45) is 3.03. The van der Waals surface area contributed by atoms with Gasteiger partial charge in [0.05, 0.1) is 28.8 Å². The average molecular weight is 588 g/mol. The first-order chi connectivity index (χ1) is 18.3. The van der Waals surface area contributed by atoms with Crippen LogP contribution in [0.25, 0.3) is 5.69 Å². The molecule has 5 rings (SSSR count). The molecular formula is C29H29Cl3N4OS. The standard InChI is InChI=1S/C29H29Cl3N4OS/c1-34(2)29-25(28(38-4)33-36(29)27-23(31)15-21(30)16-24(27)32)26(19-10-7-11-22(14-19)37-3)35-13-12-18-8-5-6-9-20(18)17-35/h5-11,14-16,26H,12-13,17H2,1-4H3. The van der Waals surface area contributed by atoms with Gasteiger partial charge in [0.15, 0.2) is 0 Å². The molecule has 1 aromatic heterocycles. The summed E-state index contributed by atoms with van der Waals surface area (Å²) < 4.78 is 7.49. The van der Waals surface area contributed by atoms with Gasteiger partial charge in [-0.25, -0.2) is 4.68 Å². The summed E-state index contributed by atoms with van der Waals surface area (Å²) in [7, 11) is 5.74. The normalized spacial score (nSPS) is 14.3. The topological polar surface area (TPSA) is 33.5 Å². The van der Waals surface area contributed by atoms with Crippen LogP contribution in [0, 0.1) is 0 Å². The van der Waals surface area contributed by atoms with Crippen molar-refractivity contribution in [1.82, 2.24) is 14.7 Å². The summed E-state index contributed by atoms with van der Waals surface area (Å²) in [5, 5.41) is 7.34. The number of aromatic nitrogens is 2. The maximum absolute atomic E-state index is 6.71. The fourth-order valence-electron chi connectivity index (χ4n) is 5.22. The lowest BCUT2D eigenvalue weighted by atomic mass is 9.93. The van der Waals surface area contributed by atoms with E-state index in [-0.39, 0.29) is 6.04 Å². The number of halogens is 3. The monoisotopic (exact) mass is 586 g/mol. The maximum atomic E-state index is 6.71. The Hall–Kier alpha value is -2.35. The van der Waals surface area contributed by atoms with E-state index in [1.807, 2.05) is 30.9 Å². The van der Waals surface area contributed by atoms with Crippen molar-refractivity contribution in [3.63, 3.8) is 0 Å². The Kier molecular flexibility index (Phi) is 8.17. The summed E-state index contributed by atoms with van der Waals surface area (Å²) in [5.74, 6) is 1.73. The van der Waals surface area contributed by atoms with Crippen molar-refractivity contribution >= 4 is 52.4 Å². The lowest BCUT2D eigenvalue weighted by Crippen LogP contribution is -2.35. The molecule has 2 heterocycles. The molecule has 0 amide bonds. The molecule has 9 heteroatoms. The second kappa shape index (κ2) is 11.4. The molecule has 5 nitrogen and oxygen atoms in total. The summed E-state index contributed by atoms with van der Waals surface area (Å²) in [5.41, 5.74) is 5.59. The Morgan fingerprint density at radius 2 is 1.68 bits per heavy atom. The third-order valence-electron chi connectivity index (χ3n) is 6.88. The minimum atomic E-state index is -0.0862. The number of anilines is 1. The molecule has 0 saturated carbocycles. The van der Waals surface area contributed by atoms with Crippen LogP contribution in [0.5, 0.6) is 5.75 Å². The summed E-state index contributed by atoms with van der Waals surface area (Å²) in [4.78, 5) is 4.60. The number of thioether (sulfide) groups is 1. The highest BCUT2D eigenvalue weighted by Gasteiger charge is 2.35. The van der Waals surface area contributed by atoms with Crippen molar-refractivity contribution in [1.29, 1.82) is 0 Å². The molecule has 0 N–H and O–H groups in total. The Bertz CT molecular complexity index is 1450. The van der Waals surface area contributed by atoms with E-state index in [9.17, 15) is 0 Å². The van der Waals surface area contributed by atoms with E-state index >= 15 is 0 Å². The fraction of sp³-hybridized carbons (Fsp3) is 0.276. The largest absolute Gasteiger partial charge is 0.497 e. The van der Waals surface area contributed by atoms with Crippen molar-refractivity contribution in [2.24, 2.45) is 0 Å². The van der Waals surface area contributed by atoms with Gasteiger partial charge in [-0.15, -0.1) is 11.8 Å². The second-order valence-corrected chi connectivity index (χ2v) is 11.5. The van der Waals surface area contributed by atoms with E-state index in [4.69, 9.17) is 44.6 Å². The van der Waals surface area contributed by atoms with Crippen LogP contribution in [-0.2, 0) is 13.0 Å². The maximum Gasteiger partial charge on any atom is 0.138 e. The van der Waals surface area contributed by atoms with Gasteiger partial charge in [-0.05, 0) is 53.6 Å². The van der Waals surface area contributed by atoms with Gasteiger partial charge in [-0.2, -0.15) is 5.10 Å². The molecule has 0 saturated heterocycles. The van der Waals surface area contributed by atoms with Gasteiger partial charge in [-0.1, -0.05) is 71.2 Å². The highest BCUT2D eigenvalue weighted by atomic mass is 35.5. The van der Waals surface area contributed by atoms with Crippen LogP contribution in [0.15, 0.2) is 65.7 Å². The molecule has 38 heavy (non-hydrogen) atoms. The summed E-state index contributed by atoms with van der Waals surface area (Å²) in [6.45, 7) is 1.74. The molecule has 1 atom stereocenters. The number of rotatable bonds is 7. The second-order valence-electron chi connectivity index (χ2n) is 9.44. The molecule has 0 radical (unpaired) electrons. The van der Waals surface area contributed by atoms with Gasteiger partial charge >= 0.3 is 0 Å². The predicted octanol–water partition coefficient (Wildman–Crippen LogP) is 7.78. The molecule has 0 bridgehead atoms. The van der Waals surface area contributed by atoms with Crippen LogP contribution in [0.3, 0.4) is 0 Å². The van der Waals surface area contributed by atoms with E-state index < -0.39 is 0 Å². The molecule has 1 unspecified atom stereocenters. The molecule has 4 aromatic rings. The first-order valence-corrected chi connectivity index (χ1v) is 14.6. The lowest BCUT2D eigenvalue weighted by molar-refractivity contribution is 0.204. The molecule has 0 fully saturated rings. The average Bonchev–Trinajstić information content (AvgIpc) is 3.27. The number of ether oxygens (including phenoxy) is 1. The van der Waals surface area contributed by atoms with E-state index in [0.29, 0.717) is 20.8 Å². The lowest BCUT2D eigenvalue weighted by Gasteiger charge is -2.37. The minimum Gasteiger partial charge on any atom is -0.497 e. The quantitative estimate of drug-likeness (QED) is 0.206. The predicted molar refractivity (Wildman–Crippen MR) is 160 cm³/mol. The van der Waals surface area contributed by atoms with Crippen molar-refractivity contribution in [2.75, 3.05) is 38.9 Å². The third kappa shape index (κ3) is 5.13. The van der Waals surface area contributed by atoms with E-state index in [1.54, 1.807) is 31.0 Å². The number of nitrogens with zero attached hydrogens (tertiary/aromatic N) is 4. The fourth-order valence-corrected chi connectivity index (χ4v) is 6.79. The Labute approximate surface area is 243 Å². The van der Waals surface area contributed by atoms with Gasteiger partial charge in [0.1, 0.15) is 22.3 Å². The molecule has 198 valence electrons. The van der Waals surface area contributed by atoms with Gasteiger partial charge < -0.3 is 9.64 Å². The number of methoxy groups -OCH3 is 1. The van der Waals surface area contributed by atoms with Gasteiger partial charge in [0.25, 0.3) is 0 Å². The van der Waals surface area contributed by atoms with Crippen LogP contribution in [0.1, 0.15) is 28.3 Å². The van der Waals surface area contributed by atoms with Crippen molar-refractivity contribution in [3.8, 4) is 11.4 Å². The van der Waals surface area contributed by atoms with Crippen LogP contribution >= 0.6 is 46.6 Å². The van der Waals surface area contributed by atoms with Crippen LogP contribution < -0.4 is 9.64 Å². The Morgan fingerprint density at radius 1 is 0.974 bits per heavy atom. The van der Waals surface area contributed by atoms with Crippen molar-refractivity contribution < 1.29 is 4.74 Å². The zero-order valence-corrected chi connectivity index (χ0v) is 24.8. The number of hydrogen-bond acceptors (Lipinski definition) is 5. The van der Waals surface area contributed by atoms with Gasteiger partial charge in [0.2, 0.25) is 0 Å². The molecule has 0 aliphatic carbocycles. The summed E-state index contributed by atoms with van der Waals surface area (Å²) >= 11 is 21.3. The first-order valence-electron chi connectivity index (χ1n) is 12.3. The zero-order chi connectivity index (χ0) is 27.0. The Balaban J connectivity index is 1.76. The zero-order valence-electron chi connectivity index (χ0n) is 21.7. The molecule has 1 aliphatic rings. The van der Waals surface area contributed by atoms with E-state index in [1.165, 1.54) is 11.1 Å². The van der Waals surface area contributed by atoms with Crippen LogP contribution in [0.2, 0.25) is 15.1 Å². The number of fused-ring (bicyclic) bond motifs is 1. The minimum absolute atomic E-state index is 0.0862. The molecule has 1 aliphatic heterocycles. The first kappa shape index (κ1) is 27.2. The Morgan fingerprint density at radius 3 is 2.34 bits per heavy atom. The van der Waals surface area contributed by atoms with Crippen LogP contribution in [-0.4, -0.2) is 48.7 Å². The van der Waals surface area contributed by atoms with Crippen molar-refractivity contribution in [3.05, 3.63) is 98.0 Å². The SMILES string of the molecule is COc1cccc(C(c2c(SC)nn(-c3c(Cl)cc(Cl)cc3Cl)c2N(C)C)N2CCc3ccccc3C2)c1. The van der Waals surface area contributed by atoms with E-state index in [0.717, 1.165) is 47.2 Å². The highest BCUT2D eigenvalue weighted by Crippen LogP contribution is 2.45.